The third-order valence-corrected chi connectivity index (χ3v) is 10.1. The summed E-state index contributed by atoms with van der Waals surface area (Å²) < 4.78 is 43.4. The van der Waals surface area contributed by atoms with Crippen molar-refractivity contribution in [2.75, 3.05) is 4.90 Å². The molecule has 2 heterocycles. The molecule has 0 N–H and O–H groups in total. The first kappa shape index (κ1) is 24.1. The predicted octanol–water partition coefficient (Wildman–Crippen LogP) is 13.3. The van der Waals surface area contributed by atoms with Gasteiger partial charge < -0.3 is 9.47 Å². The van der Waals surface area contributed by atoms with Gasteiger partial charge in [0.2, 0.25) is 0 Å². The molecule has 0 aliphatic rings. The molecule has 0 saturated heterocycles. The minimum Gasteiger partial charge on any atom is -0.309 e. The Morgan fingerprint density at radius 1 is 0.449 bits per heavy atom. The fraction of sp³-hybridized carbons (Fsp3) is 0. The van der Waals surface area contributed by atoms with Gasteiger partial charge in [0.05, 0.1) is 17.9 Å². The molecular formula is C46H32N2S. The van der Waals surface area contributed by atoms with Gasteiger partial charge in [0.15, 0.2) is 0 Å². The van der Waals surface area contributed by atoms with Crippen molar-refractivity contribution < 1.29 is 6.85 Å². The van der Waals surface area contributed by atoms with Crippen LogP contribution < -0.4 is 4.90 Å². The molecule has 232 valence electrons. The molecule has 49 heavy (non-hydrogen) atoms. The summed E-state index contributed by atoms with van der Waals surface area (Å²) >= 11 is 1.69. The van der Waals surface area contributed by atoms with Crippen LogP contribution in [0.4, 0.5) is 16.4 Å². The lowest BCUT2D eigenvalue weighted by Crippen LogP contribution is -2.07. The third-order valence-electron chi connectivity index (χ3n) is 8.93. The summed E-state index contributed by atoms with van der Waals surface area (Å²) in [5.74, 6) is 0. The Labute approximate surface area is 297 Å². The van der Waals surface area contributed by atoms with Crippen molar-refractivity contribution in [3.8, 4) is 38.4 Å². The van der Waals surface area contributed by atoms with Crippen molar-refractivity contribution in [1.29, 1.82) is 0 Å². The molecule has 0 radical (unpaired) electrons. The van der Waals surface area contributed by atoms with Gasteiger partial charge in [-0.2, -0.15) is 0 Å². The second-order valence-corrected chi connectivity index (χ2v) is 12.9. The van der Waals surface area contributed by atoms with Crippen molar-refractivity contribution in [2.24, 2.45) is 0 Å². The molecule has 0 unspecified atom stereocenters. The minimum absolute atomic E-state index is 0.194. The monoisotopic (exact) mass is 649 g/mol. The number of thiophene rings is 1. The van der Waals surface area contributed by atoms with Crippen LogP contribution >= 0.6 is 11.3 Å². The van der Waals surface area contributed by atoms with Crippen molar-refractivity contribution in [3.05, 3.63) is 194 Å². The molecule has 0 amide bonds. The highest BCUT2D eigenvalue weighted by molar-refractivity contribution is 7.19. The quantitative estimate of drug-likeness (QED) is 0.167. The molecule has 0 bridgehead atoms. The standard InChI is InChI=1S/C46H32N2S/c1-4-12-33(13-5-1)34-24-27-40(28-25-34)47(38-14-6-2-7-15-38)46-31-30-45(49-46)36-22-20-35(21-23-36)37-26-29-42-41-18-10-11-19-43(41)48(44(42)32-37)39-16-8-3-9-17-39/h1-32H/i1D,4D,5D,12D,13D. The Kier molecular flexibility index (Phi) is 6.12. The summed E-state index contributed by atoms with van der Waals surface area (Å²) in [6.07, 6.45) is 0. The van der Waals surface area contributed by atoms with Gasteiger partial charge in [0.25, 0.3) is 0 Å². The first-order valence-electron chi connectivity index (χ1n) is 18.7. The third kappa shape index (κ3) is 5.41. The average molecular weight is 650 g/mol. The molecule has 2 nitrogen and oxygen atoms in total. The summed E-state index contributed by atoms with van der Waals surface area (Å²) in [7, 11) is 0. The first-order valence-corrected chi connectivity index (χ1v) is 17.0. The Hall–Kier alpha value is -6.16. The highest BCUT2D eigenvalue weighted by Crippen LogP contribution is 2.43. The maximum absolute atomic E-state index is 8.44. The van der Waals surface area contributed by atoms with Crippen molar-refractivity contribution in [1.82, 2.24) is 4.57 Å². The number of anilines is 3. The van der Waals surface area contributed by atoms with Crippen LogP contribution in [0, 0.1) is 0 Å². The zero-order valence-corrected chi connectivity index (χ0v) is 27.2. The van der Waals surface area contributed by atoms with E-state index in [1.165, 1.54) is 21.8 Å². The van der Waals surface area contributed by atoms with E-state index in [0.29, 0.717) is 5.56 Å². The summed E-state index contributed by atoms with van der Waals surface area (Å²) in [6.45, 7) is 0. The van der Waals surface area contributed by atoms with Gasteiger partial charge in [-0.15, -0.1) is 11.3 Å². The van der Waals surface area contributed by atoms with Crippen LogP contribution in [0.15, 0.2) is 194 Å². The molecule has 7 aromatic carbocycles. The summed E-state index contributed by atoms with van der Waals surface area (Å²) in [6, 6.07) is 55.0. The lowest BCUT2D eigenvalue weighted by Gasteiger charge is -2.23. The van der Waals surface area contributed by atoms with E-state index in [1.54, 1.807) is 11.3 Å². The highest BCUT2D eigenvalue weighted by Gasteiger charge is 2.16. The number of nitrogens with zero attached hydrogens (tertiary/aromatic N) is 2. The lowest BCUT2D eigenvalue weighted by atomic mass is 10.0. The Morgan fingerprint density at radius 3 is 1.82 bits per heavy atom. The molecule has 2 aromatic heterocycles. The average Bonchev–Trinajstić information content (AvgIpc) is 3.84. The number of aromatic nitrogens is 1. The Bertz CT molecular complexity index is 2780. The number of hydrogen-bond donors (Lipinski definition) is 0. The van der Waals surface area contributed by atoms with Gasteiger partial charge in [-0.1, -0.05) is 133 Å². The summed E-state index contributed by atoms with van der Waals surface area (Å²) in [4.78, 5) is 3.31. The van der Waals surface area contributed by atoms with E-state index < -0.39 is 6.04 Å². The second-order valence-electron chi connectivity index (χ2n) is 11.9. The largest absolute Gasteiger partial charge is 0.309 e. The van der Waals surface area contributed by atoms with Crippen LogP contribution in [0.1, 0.15) is 6.85 Å². The van der Waals surface area contributed by atoms with Crippen LogP contribution in [0.5, 0.6) is 0 Å². The maximum Gasteiger partial charge on any atom is 0.101 e. The molecule has 0 saturated carbocycles. The van der Waals surface area contributed by atoms with Crippen LogP contribution in [0.2, 0.25) is 0 Å². The second kappa shape index (κ2) is 12.5. The maximum atomic E-state index is 8.44. The zero-order valence-electron chi connectivity index (χ0n) is 31.4. The van der Waals surface area contributed by atoms with Crippen LogP contribution in [-0.2, 0) is 0 Å². The Balaban J connectivity index is 1.05. The fourth-order valence-corrected chi connectivity index (χ4v) is 7.64. The van der Waals surface area contributed by atoms with E-state index in [1.807, 2.05) is 48.5 Å². The Morgan fingerprint density at radius 2 is 1.04 bits per heavy atom. The first-order chi connectivity index (χ1) is 26.4. The van der Waals surface area contributed by atoms with Gasteiger partial charge in [0.1, 0.15) is 5.00 Å². The van der Waals surface area contributed by atoms with E-state index >= 15 is 0 Å². The zero-order chi connectivity index (χ0) is 36.9. The normalized spacial score (nSPS) is 12.7. The number of fused-ring (bicyclic) bond motifs is 3. The van der Waals surface area contributed by atoms with Gasteiger partial charge in [0, 0.05) is 32.7 Å². The van der Waals surface area contributed by atoms with Crippen molar-refractivity contribution in [2.45, 2.75) is 0 Å². The van der Waals surface area contributed by atoms with Crippen molar-refractivity contribution in [3.63, 3.8) is 0 Å². The van der Waals surface area contributed by atoms with Gasteiger partial charge >= 0.3 is 0 Å². The summed E-state index contributed by atoms with van der Waals surface area (Å²) in [5.41, 5.74) is 9.57. The minimum atomic E-state index is -0.395. The molecule has 0 fully saturated rings. The van der Waals surface area contributed by atoms with Crippen LogP contribution in [0.25, 0.3) is 60.2 Å². The number of benzene rings is 7. The molecule has 0 atom stereocenters. The van der Waals surface area contributed by atoms with Gasteiger partial charge in [-0.25, -0.2) is 0 Å². The lowest BCUT2D eigenvalue weighted by molar-refractivity contribution is 1.18. The van der Waals surface area contributed by atoms with E-state index in [9.17, 15) is 0 Å². The molecule has 3 heteroatoms. The smallest absolute Gasteiger partial charge is 0.101 e. The van der Waals surface area contributed by atoms with E-state index in [-0.39, 0.29) is 29.7 Å². The van der Waals surface area contributed by atoms with Gasteiger partial charge in [-0.3, -0.25) is 0 Å². The molecule has 0 aliphatic heterocycles. The van der Waals surface area contributed by atoms with Gasteiger partial charge in [-0.05, 0) is 88.5 Å². The van der Waals surface area contributed by atoms with E-state index in [4.69, 9.17) is 6.85 Å². The van der Waals surface area contributed by atoms with Crippen LogP contribution in [0.3, 0.4) is 0 Å². The molecule has 9 rings (SSSR count). The molecular weight excluding hydrogens is 613 g/mol. The summed E-state index contributed by atoms with van der Waals surface area (Å²) in [5, 5.41) is 3.49. The topological polar surface area (TPSA) is 8.17 Å². The number of para-hydroxylation sites is 3. The van der Waals surface area contributed by atoms with Crippen molar-refractivity contribution >= 4 is 49.5 Å². The SMILES string of the molecule is [2H]c1c([2H])c([2H])c(-c2ccc(N(c3ccccc3)c3ccc(-c4ccc(-c5ccc6c7ccccc7n(-c7ccccc7)c6c5)cc4)s3)cc2)c([2H])c1[2H]. The molecule has 0 spiro atoms. The van der Waals surface area contributed by atoms with Crippen LogP contribution in [-0.4, -0.2) is 4.57 Å². The molecule has 0 aliphatic carbocycles. The van der Waals surface area contributed by atoms with E-state index in [2.05, 4.69) is 125 Å². The number of hydrogen-bond acceptors (Lipinski definition) is 2. The van der Waals surface area contributed by atoms with E-state index in [0.717, 1.165) is 43.6 Å². The molecule has 9 aromatic rings. The highest BCUT2D eigenvalue weighted by atomic mass is 32.1. The number of rotatable bonds is 7. The fourth-order valence-electron chi connectivity index (χ4n) is 6.59. The predicted molar refractivity (Wildman–Crippen MR) is 210 cm³/mol.